The molecule has 0 radical (unpaired) electrons. The summed E-state index contributed by atoms with van der Waals surface area (Å²) in [5, 5.41) is 1.01. The molecule has 0 aliphatic heterocycles. The van der Waals surface area contributed by atoms with Crippen molar-refractivity contribution < 1.29 is 9.53 Å². The number of unbranched alkanes of at least 4 members (excludes halogenated alkanes) is 3. The molecular weight excluding hydrogens is 238 g/mol. The Balaban J connectivity index is 2.20. The highest BCUT2D eigenvalue weighted by atomic mass is 16.5. The Morgan fingerprint density at radius 2 is 2.00 bits per heavy atom. The molecule has 0 saturated carbocycles. The lowest BCUT2D eigenvalue weighted by Crippen LogP contribution is -2.00. The summed E-state index contributed by atoms with van der Waals surface area (Å²) in [5.74, 6) is 0.396. The topological polar surface area (TPSA) is 31.2 Å². The van der Waals surface area contributed by atoms with Crippen LogP contribution in [-0.2, 0) is 11.3 Å². The van der Waals surface area contributed by atoms with Crippen LogP contribution in [0.2, 0.25) is 0 Å². The Morgan fingerprint density at radius 3 is 2.74 bits per heavy atom. The van der Waals surface area contributed by atoms with Crippen LogP contribution in [0, 0.1) is 0 Å². The van der Waals surface area contributed by atoms with Gasteiger partial charge in [0, 0.05) is 25.1 Å². The highest BCUT2D eigenvalue weighted by Gasteiger charge is 2.10. The predicted octanol–water partition coefficient (Wildman–Crippen LogP) is 4.15. The number of carbonyl (C=O) groups is 1. The van der Waals surface area contributed by atoms with Crippen molar-refractivity contribution in [1.82, 2.24) is 4.57 Å². The molecule has 1 aromatic heterocycles. The molecule has 0 bridgehead atoms. The fourth-order valence-corrected chi connectivity index (χ4v) is 2.34. The van der Waals surface area contributed by atoms with Crippen molar-refractivity contribution >= 4 is 16.9 Å². The summed E-state index contributed by atoms with van der Waals surface area (Å²) in [6, 6.07) is 8.05. The van der Waals surface area contributed by atoms with Gasteiger partial charge in [-0.1, -0.05) is 38.3 Å². The molecule has 0 unspecified atom stereocenters. The molecule has 0 fully saturated rings. The third-order valence-electron chi connectivity index (χ3n) is 3.26. The number of esters is 1. The van der Waals surface area contributed by atoms with Crippen molar-refractivity contribution in [2.45, 2.75) is 46.1 Å². The van der Waals surface area contributed by atoms with Gasteiger partial charge in [-0.3, -0.25) is 4.79 Å². The molecule has 0 aliphatic carbocycles. The minimum Gasteiger partial charge on any atom is -0.424 e. The van der Waals surface area contributed by atoms with Crippen LogP contribution >= 0.6 is 0 Å². The lowest BCUT2D eigenvalue weighted by molar-refractivity contribution is -0.131. The minimum absolute atomic E-state index is 0.270. The molecule has 102 valence electrons. The van der Waals surface area contributed by atoms with Gasteiger partial charge in [0.1, 0.15) is 0 Å². The van der Waals surface area contributed by atoms with E-state index < -0.39 is 0 Å². The van der Waals surface area contributed by atoms with E-state index >= 15 is 0 Å². The van der Waals surface area contributed by atoms with E-state index in [0.29, 0.717) is 5.75 Å². The van der Waals surface area contributed by atoms with Crippen molar-refractivity contribution in [1.29, 1.82) is 0 Å². The molecule has 0 spiro atoms. The number of carbonyl (C=O) groups excluding carboxylic acids is 1. The van der Waals surface area contributed by atoms with Gasteiger partial charge in [0.15, 0.2) is 5.75 Å². The molecular formula is C16H21NO2. The number of ether oxygens (including phenoxy) is 1. The number of hydrogen-bond acceptors (Lipinski definition) is 2. The normalized spacial score (nSPS) is 10.8. The summed E-state index contributed by atoms with van der Waals surface area (Å²) in [7, 11) is 0. The van der Waals surface area contributed by atoms with E-state index in [9.17, 15) is 4.79 Å². The first kappa shape index (κ1) is 13.7. The molecule has 0 amide bonds. The van der Waals surface area contributed by atoms with E-state index in [0.717, 1.165) is 23.9 Å². The third kappa shape index (κ3) is 3.37. The maximum atomic E-state index is 11.1. The Bertz CT molecular complexity index is 557. The Morgan fingerprint density at radius 1 is 1.21 bits per heavy atom. The zero-order valence-electron chi connectivity index (χ0n) is 11.7. The number of fused-ring (bicyclic) bond motifs is 1. The van der Waals surface area contributed by atoms with Crippen molar-refractivity contribution in [3.8, 4) is 5.75 Å². The van der Waals surface area contributed by atoms with Gasteiger partial charge in [0.25, 0.3) is 0 Å². The highest BCUT2D eigenvalue weighted by molar-refractivity contribution is 5.89. The van der Waals surface area contributed by atoms with E-state index in [1.54, 1.807) is 0 Å². The predicted molar refractivity (Wildman–Crippen MR) is 77.4 cm³/mol. The molecule has 0 atom stereocenters. The highest BCUT2D eigenvalue weighted by Crippen LogP contribution is 2.28. The fraction of sp³-hybridized carbons (Fsp3) is 0.438. The number of aromatic nitrogens is 1. The fourth-order valence-electron chi connectivity index (χ4n) is 2.34. The van der Waals surface area contributed by atoms with Gasteiger partial charge < -0.3 is 9.30 Å². The van der Waals surface area contributed by atoms with Crippen molar-refractivity contribution in [2.75, 3.05) is 0 Å². The van der Waals surface area contributed by atoms with E-state index in [-0.39, 0.29) is 5.97 Å². The van der Waals surface area contributed by atoms with Crippen LogP contribution in [0.25, 0.3) is 10.9 Å². The summed E-state index contributed by atoms with van der Waals surface area (Å²) in [4.78, 5) is 11.1. The number of benzene rings is 1. The van der Waals surface area contributed by atoms with Gasteiger partial charge in [-0.15, -0.1) is 0 Å². The SMILES string of the molecule is CCCCCCn1cc(OC(C)=O)c2ccccc21. The van der Waals surface area contributed by atoms with Gasteiger partial charge >= 0.3 is 5.97 Å². The average molecular weight is 259 g/mol. The first-order valence-corrected chi connectivity index (χ1v) is 6.98. The van der Waals surface area contributed by atoms with Crippen molar-refractivity contribution in [3.63, 3.8) is 0 Å². The van der Waals surface area contributed by atoms with Crippen molar-refractivity contribution in [2.24, 2.45) is 0 Å². The van der Waals surface area contributed by atoms with E-state index in [2.05, 4.69) is 17.6 Å². The minimum atomic E-state index is -0.270. The van der Waals surface area contributed by atoms with Crippen LogP contribution in [0.3, 0.4) is 0 Å². The molecule has 3 heteroatoms. The maximum absolute atomic E-state index is 11.1. The number of para-hydroxylation sites is 1. The number of nitrogens with zero attached hydrogens (tertiary/aromatic N) is 1. The summed E-state index contributed by atoms with van der Waals surface area (Å²) >= 11 is 0. The number of rotatable bonds is 6. The van der Waals surface area contributed by atoms with Gasteiger partial charge in [-0.2, -0.15) is 0 Å². The van der Waals surface area contributed by atoms with Gasteiger partial charge in [0.2, 0.25) is 0 Å². The van der Waals surface area contributed by atoms with E-state index in [1.165, 1.54) is 26.2 Å². The first-order chi connectivity index (χ1) is 9.22. The monoisotopic (exact) mass is 259 g/mol. The van der Waals surface area contributed by atoms with Gasteiger partial charge in [-0.05, 0) is 18.6 Å². The second kappa shape index (κ2) is 6.41. The maximum Gasteiger partial charge on any atom is 0.308 e. The summed E-state index contributed by atoms with van der Waals surface area (Å²) in [5.41, 5.74) is 1.13. The molecule has 3 nitrogen and oxygen atoms in total. The first-order valence-electron chi connectivity index (χ1n) is 6.98. The van der Waals surface area contributed by atoms with Crippen LogP contribution in [0.4, 0.5) is 0 Å². The Hall–Kier alpha value is -1.77. The lowest BCUT2D eigenvalue weighted by Gasteiger charge is -2.04. The Kier molecular flexibility index (Phi) is 4.61. The average Bonchev–Trinajstić information content (AvgIpc) is 2.73. The van der Waals surface area contributed by atoms with Crippen LogP contribution < -0.4 is 4.74 Å². The van der Waals surface area contributed by atoms with Crippen LogP contribution in [0.1, 0.15) is 39.5 Å². The van der Waals surface area contributed by atoms with Crippen LogP contribution in [-0.4, -0.2) is 10.5 Å². The van der Waals surface area contributed by atoms with Crippen LogP contribution in [0.5, 0.6) is 5.75 Å². The zero-order chi connectivity index (χ0) is 13.7. The molecule has 1 heterocycles. The molecule has 19 heavy (non-hydrogen) atoms. The van der Waals surface area contributed by atoms with Gasteiger partial charge in [-0.25, -0.2) is 0 Å². The largest absolute Gasteiger partial charge is 0.424 e. The van der Waals surface area contributed by atoms with E-state index in [1.807, 2.05) is 24.4 Å². The van der Waals surface area contributed by atoms with Gasteiger partial charge in [0.05, 0.1) is 5.52 Å². The molecule has 0 saturated heterocycles. The molecule has 2 aromatic rings. The smallest absolute Gasteiger partial charge is 0.308 e. The number of hydrogen-bond donors (Lipinski definition) is 0. The molecule has 2 rings (SSSR count). The van der Waals surface area contributed by atoms with E-state index in [4.69, 9.17) is 4.74 Å². The zero-order valence-corrected chi connectivity index (χ0v) is 11.7. The summed E-state index contributed by atoms with van der Waals surface area (Å²) in [6.07, 6.45) is 6.86. The molecule has 0 aliphatic rings. The lowest BCUT2D eigenvalue weighted by atomic mass is 10.2. The van der Waals surface area contributed by atoms with Crippen molar-refractivity contribution in [3.05, 3.63) is 30.5 Å². The second-order valence-corrected chi connectivity index (χ2v) is 4.86. The summed E-state index contributed by atoms with van der Waals surface area (Å²) in [6.45, 7) is 4.62. The Labute approximate surface area is 114 Å². The van der Waals surface area contributed by atoms with Crippen LogP contribution in [0.15, 0.2) is 30.5 Å². The number of aryl methyl sites for hydroxylation is 1. The molecule has 1 aromatic carbocycles. The third-order valence-corrected chi connectivity index (χ3v) is 3.26. The standard InChI is InChI=1S/C16H21NO2/c1-3-4-5-8-11-17-12-16(19-13(2)18)14-9-6-7-10-15(14)17/h6-7,9-10,12H,3-5,8,11H2,1-2H3. The second-order valence-electron chi connectivity index (χ2n) is 4.86. The quantitative estimate of drug-likeness (QED) is 0.576. The summed E-state index contributed by atoms with van der Waals surface area (Å²) < 4.78 is 7.46. The molecule has 0 N–H and O–H groups in total.